The van der Waals surface area contributed by atoms with Crippen LogP contribution in [0.25, 0.3) is 0 Å². The number of nitrogens with one attached hydrogen (secondary N) is 1. The number of alkyl halides is 1. The summed E-state index contributed by atoms with van der Waals surface area (Å²) >= 11 is 4.67. The van der Waals surface area contributed by atoms with Crippen molar-refractivity contribution >= 4 is 38.2 Å². The van der Waals surface area contributed by atoms with Gasteiger partial charge in [-0.3, -0.25) is 4.79 Å². The van der Waals surface area contributed by atoms with E-state index in [2.05, 4.69) is 34.2 Å². The standard InChI is InChI=1S/C12H13BrN2OS/c1-7-2-3-8-9(6-14)12(15-11(16)5-13)17-10(8)4-7/h7H,2-5H2,1H3,(H,15,16). The highest BCUT2D eigenvalue weighted by Gasteiger charge is 2.24. The number of anilines is 1. The Morgan fingerprint density at radius 1 is 1.71 bits per heavy atom. The number of rotatable bonds is 2. The summed E-state index contributed by atoms with van der Waals surface area (Å²) in [6.45, 7) is 2.23. The van der Waals surface area contributed by atoms with E-state index >= 15 is 0 Å². The summed E-state index contributed by atoms with van der Waals surface area (Å²) in [6.07, 6.45) is 3.11. The number of hydrogen-bond donors (Lipinski definition) is 1. The van der Waals surface area contributed by atoms with Gasteiger partial charge in [0.1, 0.15) is 11.1 Å². The molecule has 0 saturated carbocycles. The predicted molar refractivity (Wildman–Crippen MR) is 72.6 cm³/mol. The Bertz CT molecular complexity index is 489. The van der Waals surface area contributed by atoms with Crippen molar-refractivity contribution in [2.24, 2.45) is 5.92 Å². The molecule has 1 N–H and O–H groups in total. The van der Waals surface area contributed by atoms with Gasteiger partial charge < -0.3 is 5.32 Å². The van der Waals surface area contributed by atoms with Gasteiger partial charge in [0.25, 0.3) is 0 Å². The van der Waals surface area contributed by atoms with E-state index in [1.807, 2.05) is 0 Å². The average molecular weight is 313 g/mol. The van der Waals surface area contributed by atoms with E-state index in [9.17, 15) is 10.1 Å². The smallest absolute Gasteiger partial charge is 0.235 e. The molecule has 5 heteroatoms. The van der Waals surface area contributed by atoms with Crippen LogP contribution in [0.3, 0.4) is 0 Å². The van der Waals surface area contributed by atoms with Crippen LogP contribution in [0.5, 0.6) is 0 Å². The molecule has 1 atom stereocenters. The zero-order valence-electron chi connectivity index (χ0n) is 9.55. The van der Waals surface area contributed by atoms with Crippen molar-refractivity contribution in [1.29, 1.82) is 5.26 Å². The monoisotopic (exact) mass is 312 g/mol. The Morgan fingerprint density at radius 3 is 3.12 bits per heavy atom. The minimum Gasteiger partial charge on any atom is -0.316 e. The molecule has 17 heavy (non-hydrogen) atoms. The number of nitrogens with zero attached hydrogens (tertiary/aromatic N) is 1. The Morgan fingerprint density at radius 2 is 2.47 bits per heavy atom. The summed E-state index contributed by atoms with van der Waals surface area (Å²) in [4.78, 5) is 12.6. The van der Waals surface area contributed by atoms with Gasteiger partial charge in [-0.15, -0.1) is 11.3 Å². The van der Waals surface area contributed by atoms with Crippen LogP contribution in [0, 0.1) is 17.2 Å². The fourth-order valence-corrected chi connectivity index (χ4v) is 3.63. The summed E-state index contributed by atoms with van der Waals surface area (Å²) in [5.41, 5.74) is 1.83. The van der Waals surface area contributed by atoms with E-state index in [4.69, 9.17) is 0 Å². The number of thiophene rings is 1. The van der Waals surface area contributed by atoms with Crippen LogP contribution in [0.4, 0.5) is 5.00 Å². The number of amides is 1. The molecule has 2 rings (SSSR count). The molecule has 1 heterocycles. The lowest BCUT2D eigenvalue weighted by Crippen LogP contribution is -2.12. The van der Waals surface area contributed by atoms with Crippen molar-refractivity contribution in [2.45, 2.75) is 26.2 Å². The van der Waals surface area contributed by atoms with Crippen molar-refractivity contribution in [3.8, 4) is 6.07 Å². The van der Waals surface area contributed by atoms with Crippen LogP contribution in [0.15, 0.2) is 0 Å². The van der Waals surface area contributed by atoms with Gasteiger partial charge in [-0.1, -0.05) is 22.9 Å². The maximum absolute atomic E-state index is 11.4. The topological polar surface area (TPSA) is 52.9 Å². The molecule has 1 unspecified atom stereocenters. The molecule has 0 saturated heterocycles. The molecule has 1 aliphatic carbocycles. The fourth-order valence-electron chi connectivity index (χ4n) is 2.12. The van der Waals surface area contributed by atoms with Gasteiger partial charge in [0.15, 0.2) is 0 Å². The maximum atomic E-state index is 11.4. The van der Waals surface area contributed by atoms with E-state index in [0.717, 1.165) is 29.8 Å². The highest BCUT2D eigenvalue weighted by Crippen LogP contribution is 2.39. The molecular weight excluding hydrogens is 300 g/mol. The second-order valence-electron chi connectivity index (χ2n) is 4.35. The summed E-state index contributed by atoms with van der Waals surface area (Å²) in [6, 6.07) is 2.23. The normalized spacial score (nSPS) is 18.3. The Kier molecular flexibility index (Phi) is 3.85. The van der Waals surface area contributed by atoms with Gasteiger partial charge in [-0.2, -0.15) is 5.26 Å². The Labute approximate surface area is 113 Å². The van der Waals surface area contributed by atoms with Crippen LogP contribution in [0.1, 0.15) is 29.3 Å². The number of hydrogen-bond acceptors (Lipinski definition) is 3. The summed E-state index contributed by atoms with van der Waals surface area (Å²) in [5, 5.41) is 13.0. The number of fused-ring (bicyclic) bond motifs is 1. The van der Waals surface area contributed by atoms with Crippen LogP contribution < -0.4 is 5.32 Å². The van der Waals surface area contributed by atoms with Gasteiger partial charge in [-0.05, 0) is 30.7 Å². The molecule has 0 aliphatic heterocycles. The minimum atomic E-state index is -0.104. The van der Waals surface area contributed by atoms with E-state index in [0.29, 0.717) is 11.5 Å². The number of nitriles is 1. The highest BCUT2D eigenvalue weighted by atomic mass is 79.9. The van der Waals surface area contributed by atoms with Gasteiger partial charge in [0, 0.05) is 4.88 Å². The second kappa shape index (κ2) is 5.19. The molecule has 3 nitrogen and oxygen atoms in total. The summed E-state index contributed by atoms with van der Waals surface area (Å²) in [5.74, 6) is 0.570. The number of carbonyl (C=O) groups is 1. The first kappa shape index (κ1) is 12.6. The summed E-state index contributed by atoms with van der Waals surface area (Å²) < 4.78 is 0. The lowest BCUT2D eigenvalue weighted by Gasteiger charge is -2.17. The zero-order chi connectivity index (χ0) is 12.4. The second-order valence-corrected chi connectivity index (χ2v) is 6.02. The third kappa shape index (κ3) is 2.53. The van der Waals surface area contributed by atoms with Crippen molar-refractivity contribution in [3.05, 3.63) is 16.0 Å². The Balaban J connectivity index is 2.34. The summed E-state index contributed by atoms with van der Waals surface area (Å²) in [7, 11) is 0. The van der Waals surface area contributed by atoms with Crippen molar-refractivity contribution < 1.29 is 4.79 Å². The largest absolute Gasteiger partial charge is 0.316 e. The fraction of sp³-hybridized carbons (Fsp3) is 0.500. The predicted octanol–water partition coefficient (Wildman–Crippen LogP) is 3.08. The van der Waals surface area contributed by atoms with Crippen LogP contribution in [-0.4, -0.2) is 11.2 Å². The van der Waals surface area contributed by atoms with Crippen LogP contribution >= 0.6 is 27.3 Å². The molecule has 0 radical (unpaired) electrons. The molecule has 1 amide bonds. The first-order valence-corrected chi connectivity index (χ1v) is 7.50. The molecule has 1 aromatic heterocycles. The molecule has 90 valence electrons. The maximum Gasteiger partial charge on any atom is 0.235 e. The first-order chi connectivity index (χ1) is 8.15. The molecule has 0 spiro atoms. The molecular formula is C12H13BrN2OS. The number of carbonyl (C=O) groups excluding carboxylic acids is 1. The SMILES string of the molecule is CC1CCc2c(sc(NC(=O)CBr)c2C#N)C1. The lowest BCUT2D eigenvalue weighted by atomic mass is 9.89. The van der Waals surface area contributed by atoms with Gasteiger partial charge >= 0.3 is 0 Å². The van der Waals surface area contributed by atoms with Crippen LogP contribution in [0.2, 0.25) is 0 Å². The quantitative estimate of drug-likeness (QED) is 0.853. The van der Waals surface area contributed by atoms with Crippen LogP contribution in [-0.2, 0) is 17.6 Å². The molecule has 1 aliphatic rings. The average Bonchev–Trinajstić information content (AvgIpc) is 2.64. The van der Waals surface area contributed by atoms with Crippen molar-refractivity contribution in [2.75, 3.05) is 10.6 Å². The van der Waals surface area contributed by atoms with Crippen molar-refractivity contribution in [1.82, 2.24) is 0 Å². The van der Waals surface area contributed by atoms with E-state index in [-0.39, 0.29) is 11.2 Å². The minimum absolute atomic E-state index is 0.104. The van der Waals surface area contributed by atoms with Gasteiger partial charge in [0.05, 0.1) is 10.9 Å². The van der Waals surface area contributed by atoms with E-state index < -0.39 is 0 Å². The van der Waals surface area contributed by atoms with E-state index in [1.54, 1.807) is 11.3 Å². The first-order valence-electron chi connectivity index (χ1n) is 5.56. The number of halogens is 1. The third-order valence-electron chi connectivity index (χ3n) is 3.00. The van der Waals surface area contributed by atoms with Gasteiger partial charge in [0.2, 0.25) is 5.91 Å². The zero-order valence-corrected chi connectivity index (χ0v) is 11.9. The Hall–Kier alpha value is -0.860. The molecule has 0 bridgehead atoms. The van der Waals surface area contributed by atoms with Gasteiger partial charge in [-0.25, -0.2) is 0 Å². The van der Waals surface area contributed by atoms with E-state index in [1.165, 1.54) is 4.88 Å². The molecule has 0 aromatic carbocycles. The lowest BCUT2D eigenvalue weighted by molar-refractivity contribution is -0.113. The van der Waals surface area contributed by atoms with Crippen molar-refractivity contribution in [3.63, 3.8) is 0 Å². The third-order valence-corrected chi connectivity index (χ3v) is 4.68. The highest BCUT2D eigenvalue weighted by molar-refractivity contribution is 9.09. The molecule has 0 fully saturated rings. The molecule has 1 aromatic rings.